The third kappa shape index (κ3) is 15.0. The number of alkyl halides is 2. The maximum Gasteiger partial charge on any atom is 0.105 e. The van der Waals surface area contributed by atoms with Crippen molar-refractivity contribution < 1.29 is 0 Å². The number of hydrogen-bond donors (Lipinski definition) is 0. The molecule has 0 fully saturated rings. The Hall–Kier alpha value is -0.980. The summed E-state index contributed by atoms with van der Waals surface area (Å²) in [6.07, 6.45) is 0. The fourth-order valence-corrected chi connectivity index (χ4v) is 0.919. The van der Waals surface area contributed by atoms with Gasteiger partial charge in [-0.2, -0.15) is 0 Å². The highest BCUT2D eigenvalue weighted by Crippen LogP contribution is 1.95. The van der Waals surface area contributed by atoms with Crippen LogP contribution in [0, 0.1) is 6.92 Å². The van der Waals surface area contributed by atoms with Crippen LogP contribution in [0.4, 0.5) is 0 Å². The van der Waals surface area contributed by atoms with Crippen LogP contribution in [0.5, 0.6) is 0 Å². The average Bonchev–Trinajstić information content (AvgIpc) is 2.32. The SMILES string of the molecule is CC(Cl)Cl.Cc1ccccc1.c1ccccc1. The normalized spacial score (nSPS) is 8.53. The second kappa shape index (κ2) is 11.5. The van der Waals surface area contributed by atoms with E-state index in [4.69, 9.17) is 23.2 Å². The van der Waals surface area contributed by atoms with Gasteiger partial charge in [0.1, 0.15) is 4.84 Å². The molecule has 0 heterocycles. The van der Waals surface area contributed by atoms with Gasteiger partial charge < -0.3 is 0 Å². The van der Waals surface area contributed by atoms with E-state index < -0.39 is 0 Å². The zero-order valence-corrected chi connectivity index (χ0v) is 11.7. The lowest BCUT2D eigenvalue weighted by atomic mass is 10.2. The Labute approximate surface area is 114 Å². The van der Waals surface area contributed by atoms with Crippen molar-refractivity contribution in [3.05, 3.63) is 72.3 Å². The number of aryl methyl sites for hydroxylation is 1. The molecule has 0 nitrogen and oxygen atoms in total. The van der Waals surface area contributed by atoms with E-state index in [9.17, 15) is 0 Å². The van der Waals surface area contributed by atoms with Gasteiger partial charge in [0.05, 0.1) is 0 Å². The summed E-state index contributed by atoms with van der Waals surface area (Å²) in [5.74, 6) is 0. The Bertz CT molecular complexity index is 314. The summed E-state index contributed by atoms with van der Waals surface area (Å²) in [7, 11) is 0. The third-order valence-electron chi connectivity index (χ3n) is 1.61. The Balaban J connectivity index is 0.000000236. The molecule has 2 heteroatoms. The first-order valence-electron chi connectivity index (χ1n) is 5.42. The number of rotatable bonds is 0. The van der Waals surface area contributed by atoms with Crippen LogP contribution in [0.3, 0.4) is 0 Å². The van der Waals surface area contributed by atoms with Crippen molar-refractivity contribution in [1.29, 1.82) is 0 Å². The number of hydrogen-bond acceptors (Lipinski definition) is 0. The average molecular weight is 269 g/mol. The zero-order valence-electron chi connectivity index (χ0n) is 10.2. The molecule has 17 heavy (non-hydrogen) atoms. The second-order valence-electron chi connectivity index (χ2n) is 3.33. The molecule has 0 N–H and O–H groups in total. The quantitative estimate of drug-likeness (QED) is 0.554. The summed E-state index contributed by atoms with van der Waals surface area (Å²) >= 11 is 10.1. The summed E-state index contributed by atoms with van der Waals surface area (Å²) in [4.78, 5) is -0.222. The molecule has 0 bridgehead atoms. The van der Waals surface area contributed by atoms with Gasteiger partial charge in [-0.3, -0.25) is 0 Å². The highest BCUT2D eigenvalue weighted by molar-refractivity contribution is 6.43. The van der Waals surface area contributed by atoms with E-state index in [1.807, 2.05) is 54.6 Å². The molecule has 0 aliphatic carbocycles. The summed E-state index contributed by atoms with van der Waals surface area (Å²) in [5, 5.41) is 0. The van der Waals surface area contributed by atoms with Gasteiger partial charge in [-0.25, -0.2) is 0 Å². The summed E-state index contributed by atoms with van der Waals surface area (Å²) in [6, 6.07) is 22.3. The predicted molar refractivity (Wildman–Crippen MR) is 78.8 cm³/mol. The second-order valence-corrected chi connectivity index (χ2v) is 4.86. The molecular formula is C15H18Cl2. The van der Waals surface area contributed by atoms with Crippen LogP contribution in [0.2, 0.25) is 0 Å². The Morgan fingerprint density at radius 2 is 0.941 bits per heavy atom. The van der Waals surface area contributed by atoms with Gasteiger partial charge in [0.25, 0.3) is 0 Å². The first-order valence-corrected chi connectivity index (χ1v) is 6.30. The number of benzene rings is 2. The first kappa shape index (κ1) is 16.0. The van der Waals surface area contributed by atoms with Crippen LogP contribution in [0.1, 0.15) is 12.5 Å². The van der Waals surface area contributed by atoms with Crippen molar-refractivity contribution in [2.24, 2.45) is 0 Å². The molecule has 0 aliphatic rings. The molecule has 0 radical (unpaired) electrons. The molecule has 92 valence electrons. The molecular weight excluding hydrogens is 251 g/mol. The van der Waals surface area contributed by atoms with E-state index in [-0.39, 0.29) is 4.84 Å². The highest BCUT2D eigenvalue weighted by Gasteiger charge is 1.75. The third-order valence-corrected chi connectivity index (χ3v) is 1.61. The van der Waals surface area contributed by atoms with Crippen molar-refractivity contribution >= 4 is 23.2 Å². The van der Waals surface area contributed by atoms with E-state index in [0.717, 1.165) is 0 Å². The van der Waals surface area contributed by atoms with Crippen molar-refractivity contribution in [2.45, 2.75) is 18.7 Å². The van der Waals surface area contributed by atoms with Gasteiger partial charge in [-0.1, -0.05) is 72.3 Å². The standard InChI is InChI=1S/C7H8.C6H6.C2H4Cl2/c1-7-5-3-2-4-6-7;1-2-4-6-5-3-1;1-2(3)4/h2-6H,1H3;1-6H;2H,1H3. The molecule has 0 saturated heterocycles. The maximum absolute atomic E-state index is 5.04. The van der Waals surface area contributed by atoms with Crippen LogP contribution in [-0.4, -0.2) is 4.84 Å². The van der Waals surface area contributed by atoms with Crippen LogP contribution < -0.4 is 0 Å². The van der Waals surface area contributed by atoms with E-state index in [1.165, 1.54) is 5.56 Å². The van der Waals surface area contributed by atoms with E-state index in [0.29, 0.717) is 0 Å². The molecule has 0 aromatic heterocycles. The van der Waals surface area contributed by atoms with Crippen molar-refractivity contribution in [1.82, 2.24) is 0 Å². The van der Waals surface area contributed by atoms with Gasteiger partial charge in [-0.15, -0.1) is 23.2 Å². The van der Waals surface area contributed by atoms with Gasteiger partial charge >= 0.3 is 0 Å². The fourth-order valence-electron chi connectivity index (χ4n) is 0.919. The minimum atomic E-state index is -0.222. The van der Waals surface area contributed by atoms with Gasteiger partial charge in [0.2, 0.25) is 0 Å². The van der Waals surface area contributed by atoms with Crippen LogP contribution in [-0.2, 0) is 0 Å². The van der Waals surface area contributed by atoms with Gasteiger partial charge in [0.15, 0.2) is 0 Å². The summed E-state index contributed by atoms with van der Waals surface area (Å²) in [5.41, 5.74) is 1.32. The first-order chi connectivity index (χ1) is 8.13. The minimum Gasteiger partial charge on any atom is -0.106 e. The largest absolute Gasteiger partial charge is 0.106 e. The Morgan fingerprint density at radius 3 is 1.12 bits per heavy atom. The van der Waals surface area contributed by atoms with Crippen molar-refractivity contribution in [2.75, 3.05) is 0 Å². The molecule has 0 saturated carbocycles. The predicted octanol–water partition coefficient (Wildman–Crippen LogP) is 5.49. The van der Waals surface area contributed by atoms with Crippen molar-refractivity contribution in [3.8, 4) is 0 Å². The van der Waals surface area contributed by atoms with E-state index in [2.05, 4.69) is 19.1 Å². The smallest absolute Gasteiger partial charge is 0.105 e. The van der Waals surface area contributed by atoms with Gasteiger partial charge in [0, 0.05) is 0 Å². The van der Waals surface area contributed by atoms with E-state index >= 15 is 0 Å². The lowest BCUT2D eigenvalue weighted by molar-refractivity contribution is 1.39. The fraction of sp³-hybridized carbons (Fsp3) is 0.200. The molecule has 0 aliphatic heterocycles. The summed E-state index contributed by atoms with van der Waals surface area (Å²) in [6.45, 7) is 3.78. The molecule has 0 spiro atoms. The zero-order chi connectivity index (χ0) is 12.9. The van der Waals surface area contributed by atoms with Gasteiger partial charge in [-0.05, 0) is 13.8 Å². The molecule has 0 unspecified atom stereocenters. The van der Waals surface area contributed by atoms with Crippen molar-refractivity contribution in [3.63, 3.8) is 0 Å². The monoisotopic (exact) mass is 268 g/mol. The number of halogens is 2. The van der Waals surface area contributed by atoms with E-state index in [1.54, 1.807) is 6.92 Å². The lowest BCUT2D eigenvalue weighted by Crippen LogP contribution is -1.63. The minimum absolute atomic E-state index is 0.222. The molecule has 2 aromatic rings. The molecule has 0 amide bonds. The van der Waals surface area contributed by atoms with Crippen LogP contribution >= 0.6 is 23.2 Å². The molecule has 2 rings (SSSR count). The van der Waals surface area contributed by atoms with Crippen LogP contribution in [0.25, 0.3) is 0 Å². The lowest BCUT2D eigenvalue weighted by Gasteiger charge is -1.82. The topological polar surface area (TPSA) is 0 Å². The molecule has 0 atom stereocenters. The maximum atomic E-state index is 5.04. The van der Waals surface area contributed by atoms with Crippen LogP contribution in [0.15, 0.2) is 66.7 Å². The highest BCUT2D eigenvalue weighted by atomic mass is 35.5. The Kier molecular flexibility index (Phi) is 10.8. The Morgan fingerprint density at radius 1 is 0.706 bits per heavy atom. The molecule has 2 aromatic carbocycles. The summed E-state index contributed by atoms with van der Waals surface area (Å²) < 4.78 is 0.